The highest BCUT2D eigenvalue weighted by molar-refractivity contribution is 7.34. The van der Waals surface area contributed by atoms with Crippen LogP contribution in [0.15, 0.2) is 30.3 Å². The van der Waals surface area contributed by atoms with E-state index >= 15 is 0 Å². The first-order valence-electron chi connectivity index (χ1n) is 2.32. The Kier molecular flexibility index (Phi) is 7.61. The number of hydrogen-bond acceptors (Lipinski definition) is 3. The van der Waals surface area contributed by atoms with E-state index in [9.17, 15) is 4.57 Å². The highest BCUT2D eigenvalue weighted by atomic mass is 31.1. The molecule has 3 nitrogen and oxygen atoms in total. The van der Waals surface area contributed by atoms with Gasteiger partial charge in [-0.05, 0) is 12.1 Å². The molecule has 0 aliphatic heterocycles. The van der Waals surface area contributed by atoms with Crippen molar-refractivity contribution in [2.45, 2.75) is 0 Å². The zero-order valence-electron chi connectivity index (χ0n) is 5.66. The predicted molar refractivity (Wildman–Crippen MR) is 43.7 cm³/mol. The summed E-state index contributed by atoms with van der Waals surface area (Å²) in [7, 11) is 0.0994. The fourth-order valence-electron chi connectivity index (χ4n) is 0.489. The van der Waals surface area contributed by atoms with E-state index in [4.69, 9.17) is 0 Å². The van der Waals surface area contributed by atoms with Gasteiger partial charge in [0, 0.05) is 5.30 Å². The predicted octanol–water partition coefficient (Wildman–Crippen LogP) is 1.93. The van der Waals surface area contributed by atoms with Crippen LogP contribution in [-0.4, -0.2) is 0 Å². The fourth-order valence-corrected chi connectivity index (χ4v) is 0.783. The van der Waals surface area contributed by atoms with Crippen molar-refractivity contribution in [3.63, 3.8) is 0 Å². The maximum absolute atomic E-state index is 10.1. The Morgan fingerprint density at radius 1 is 1.00 bits per heavy atom. The van der Waals surface area contributed by atoms with Gasteiger partial charge in [0.05, 0.1) is 0 Å². The highest BCUT2D eigenvalue weighted by Crippen LogP contribution is 1.92. The third-order valence-electron chi connectivity index (χ3n) is 0.862. The minimum absolute atomic E-state index is 0. The summed E-state index contributed by atoms with van der Waals surface area (Å²) < 4.78 is 10.1. The average Bonchev–Trinajstić information content (AvgIpc) is 1.90. The first kappa shape index (κ1) is 12.0. The molecule has 56 valence electrons. The standard InChI is InChI=1S/C6H5OP.2H3N/c7-8-6-4-2-1-3-5-6;;/h1-5H;2*1H3. The van der Waals surface area contributed by atoms with Gasteiger partial charge < -0.3 is 12.3 Å². The summed E-state index contributed by atoms with van der Waals surface area (Å²) in [6.45, 7) is 0. The summed E-state index contributed by atoms with van der Waals surface area (Å²) in [4.78, 5) is 0. The Bertz CT molecular complexity index is 178. The molecule has 10 heavy (non-hydrogen) atoms. The third-order valence-corrected chi connectivity index (χ3v) is 1.37. The molecule has 0 radical (unpaired) electrons. The quantitative estimate of drug-likeness (QED) is 0.612. The summed E-state index contributed by atoms with van der Waals surface area (Å²) in [5.41, 5.74) is 0. The summed E-state index contributed by atoms with van der Waals surface area (Å²) >= 11 is 0. The minimum atomic E-state index is 0. The molecule has 0 unspecified atom stereocenters. The molecule has 4 heteroatoms. The molecule has 0 amide bonds. The van der Waals surface area contributed by atoms with Gasteiger partial charge >= 0.3 is 0 Å². The molecule has 0 saturated carbocycles. The van der Waals surface area contributed by atoms with Crippen LogP contribution in [0.25, 0.3) is 0 Å². The molecule has 0 aliphatic rings. The Hall–Kier alpha value is -0.760. The van der Waals surface area contributed by atoms with Crippen molar-refractivity contribution in [3.05, 3.63) is 30.3 Å². The van der Waals surface area contributed by atoms with E-state index < -0.39 is 0 Å². The second-order valence-corrected chi connectivity index (χ2v) is 2.13. The van der Waals surface area contributed by atoms with Gasteiger partial charge in [-0.15, -0.1) is 0 Å². The van der Waals surface area contributed by atoms with Crippen LogP contribution in [0.3, 0.4) is 0 Å². The lowest BCUT2D eigenvalue weighted by Crippen LogP contribution is -1.84. The maximum Gasteiger partial charge on any atom is 0.192 e. The Morgan fingerprint density at radius 3 is 1.80 bits per heavy atom. The van der Waals surface area contributed by atoms with Crippen molar-refractivity contribution >= 4 is 13.8 Å². The second-order valence-electron chi connectivity index (χ2n) is 1.43. The monoisotopic (exact) mass is 158 g/mol. The molecule has 0 aliphatic carbocycles. The van der Waals surface area contributed by atoms with Gasteiger partial charge in [-0.1, -0.05) is 18.2 Å². The lowest BCUT2D eigenvalue weighted by molar-refractivity contribution is 0.603. The first-order valence-corrected chi connectivity index (χ1v) is 3.13. The molecule has 0 saturated heterocycles. The summed E-state index contributed by atoms with van der Waals surface area (Å²) in [6, 6.07) is 9.25. The molecule has 1 aromatic carbocycles. The van der Waals surface area contributed by atoms with Gasteiger partial charge in [0.2, 0.25) is 0 Å². The van der Waals surface area contributed by atoms with Crippen LogP contribution in [-0.2, 0) is 4.57 Å². The zero-order valence-corrected chi connectivity index (χ0v) is 6.55. The van der Waals surface area contributed by atoms with E-state index in [1.54, 1.807) is 0 Å². The van der Waals surface area contributed by atoms with Crippen molar-refractivity contribution in [1.82, 2.24) is 12.3 Å². The van der Waals surface area contributed by atoms with E-state index in [2.05, 4.69) is 0 Å². The molecule has 0 spiro atoms. The molecule has 0 heterocycles. The van der Waals surface area contributed by atoms with Crippen molar-refractivity contribution in [3.8, 4) is 0 Å². The molecule has 0 atom stereocenters. The second kappa shape index (κ2) is 6.36. The number of rotatable bonds is 1. The van der Waals surface area contributed by atoms with Gasteiger partial charge in [0.15, 0.2) is 8.46 Å². The first-order chi connectivity index (χ1) is 3.93. The molecule has 1 rings (SSSR count). The fraction of sp³-hybridized carbons (Fsp3) is 0. The van der Waals surface area contributed by atoms with Crippen LogP contribution in [0, 0.1) is 0 Å². The Labute approximate surface area is 61.8 Å². The average molecular weight is 158 g/mol. The summed E-state index contributed by atoms with van der Waals surface area (Å²) in [5.74, 6) is 0. The topological polar surface area (TPSA) is 87.1 Å². The van der Waals surface area contributed by atoms with Crippen LogP contribution in [0.2, 0.25) is 0 Å². The van der Waals surface area contributed by atoms with Crippen molar-refractivity contribution < 1.29 is 4.57 Å². The van der Waals surface area contributed by atoms with E-state index in [0.29, 0.717) is 0 Å². The molecule has 6 N–H and O–H groups in total. The smallest absolute Gasteiger partial charge is 0.192 e. The van der Waals surface area contributed by atoms with Crippen molar-refractivity contribution in [1.29, 1.82) is 0 Å². The third kappa shape index (κ3) is 3.30. The van der Waals surface area contributed by atoms with E-state index in [0.717, 1.165) is 5.30 Å². The van der Waals surface area contributed by atoms with Gasteiger partial charge in [0.25, 0.3) is 0 Å². The molecular weight excluding hydrogens is 147 g/mol. The van der Waals surface area contributed by atoms with E-state index in [1.807, 2.05) is 30.3 Å². The molecule has 1 aromatic rings. The Morgan fingerprint density at radius 2 is 1.50 bits per heavy atom. The molecule has 0 aromatic heterocycles. The SMILES string of the molecule is N.N.O=Pc1ccccc1. The van der Waals surface area contributed by atoms with Crippen LogP contribution < -0.4 is 17.6 Å². The summed E-state index contributed by atoms with van der Waals surface area (Å²) in [5, 5.41) is 0.826. The highest BCUT2D eigenvalue weighted by Gasteiger charge is 1.81. The van der Waals surface area contributed by atoms with Crippen molar-refractivity contribution in [2.24, 2.45) is 0 Å². The summed E-state index contributed by atoms with van der Waals surface area (Å²) in [6.07, 6.45) is 0. The molecule has 0 bridgehead atoms. The minimum Gasteiger partial charge on any atom is -0.344 e. The zero-order chi connectivity index (χ0) is 5.82. The molecular formula is C6H11N2OP. The maximum atomic E-state index is 10.1. The number of hydrogen-bond donors (Lipinski definition) is 2. The normalized spacial score (nSPS) is 7.60. The van der Waals surface area contributed by atoms with Gasteiger partial charge in [0.1, 0.15) is 0 Å². The lowest BCUT2D eigenvalue weighted by atomic mass is 10.4. The Balaban J connectivity index is 0. The lowest BCUT2D eigenvalue weighted by Gasteiger charge is -1.80. The van der Waals surface area contributed by atoms with Gasteiger partial charge in [-0.3, -0.25) is 4.57 Å². The van der Waals surface area contributed by atoms with Crippen LogP contribution in [0.5, 0.6) is 0 Å². The van der Waals surface area contributed by atoms with Gasteiger partial charge in [-0.2, -0.15) is 0 Å². The van der Waals surface area contributed by atoms with E-state index in [1.165, 1.54) is 0 Å². The largest absolute Gasteiger partial charge is 0.344 e. The van der Waals surface area contributed by atoms with Crippen LogP contribution in [0.4, 0.5) is 0 Å². The van der Waals surface area contributed by atoms with E-state index in [-0.39, 0.29) is 20.8 Å². The molecule has 0 fully saturated rings. The van der Waals surface area contributed by atoms with Crippen LogP contribution >= 0.6 is 8.46 Å². The van der Waals surface area contributed by atoms with Crippen molar-refractivity contribution in [2.75, 3.05) is 0 Å². The van der Waals surface area contributed by atoms with Gasteiger partial charge in [-0.25, -0.2) is 0 Å². The number of benzene rings is 1. The van der Waals surface area contributed by atoms with Crippen LogP contribution in [0.1, 0.15) is 0 Å².